The van der Waals surface area contributed by atoms with E-state index in [0.29, 0.717) is 51.3 Å². The summed E-state index contributed by atoms with van der Waals surface area (Å²) in [5.41, 5.74) is 5.59. The molecule has 0 aliphatic rings. The summed E-state index contributed by atoms with van der Waals surface area (Å²) in [6.45, 7) is 8.38. The Morgan fingerprint density at radius 1 is 0.714 bits per heavy atom. The van der Waals surface area contributed by atoms with E-state index in [4.69, 9.17) is 15.2 Å². The molecule has 0 heterocycles. The first-order valence-corrected chi connectivity index (χ1v) is 18.1. The molecule has 0 radical (unpaired) electrons. The van der Waals surface area contributed by atoms with Crippen molar-refractivity contribution in [3.8, 4) is 0 Å². The molecule has 0 bridgehead atoms. The van der Waals surface area contributed by atoms with Gasteiger partial charge < -0.3 is 20.1 Å². The normalized spacial score (nSPS) is 11.4. The molecule has 7 nitrogen and oxygen atoms in total. The Morgan fingerprint density at radius 3 is 1.86 bits per heavy atom. The number of ether oxygens (including phenoxy) is 2. The Hall–Kier alpha value is -1.54. The monoisotopic (exact) mass is 612 g/mol. The summed E-state index contributed by atoms with van der Waals surface area (Å²) in [6, 6.07) is 0. The van der Waals surface area contributed by atoms with E-state index in [1.54, 1.807) is 4.90 Å². The number of rotatable bonds is 29. The molecule has 0 aromatic rings. The minimum atomic E-state index is -0.249. The van der Waals surface area contributed by atoms with Crippen LogP contribution in [-0.2, 0) is 19.1 Å². The molecule has 246 valence electrons. The summed E-state index contributed by atoms with van der Waals surface area (Å²) in [6.07, 6.45) is 23.6. The van der Waals surface area contributed by atoms with Crippen LogP contribution < -0.4 is 5.73 Å². The molecule has 0 spiro atoms. The molecule has 0 aliphatic heterocycles. The number of nitrogens with zero attached hydrogens (tertiary/aromatic N) is 1. The van der Waals surface area contributed by atoms with Crippen LogP contribution in [-0.4, -0.2) is 60.2 Å². The average Bonchev–Trinajstić information content (AvgIpc) is 2.98. The second-order valence-electron chi connectivity index (χ2n) is 11.3. The highest BCUT2D eigenvalue weighted by molar-refractivity contribution is 8.13. The smallest absolute Gasteiger partial charge is 0.306 e. The van der Waals surface area contributed by atoms with Gasteiger partial charge in [-0.3, -0.25) is 14.4 Å². The molecule has 0 aliphatic carbocycles. The van der Waals surface area contributed by atoms with Crippen LogP contribution in [0.2, 0.25) is 0 Å². The van der Waals surface area contributed by atoms with Crippen molar-refractivity contribution in [1.29, 1.82) is 0 Å². The molecule has 2 N–H and O–H groups in total. The van der Waals surface area contributed by atoms with Crippen molar-refractivity contribution < 1.29 is 23.9 Å². The molecule has 0 aromatic heterocycles. The first-order valence-electron chi connectivity index (χ1n) is 17.1. The van der Waals surface area contributed by atoms with Crippen LogP contribution in [0.25, 0.3) is 0 Å². The number of hydrogen-bond donors (Lipinski definition) is 1. The number of unbranched alkanes of at least 4 members (excludes halogenated alkanes) is 10. The van der Waals surface area contributed by atoms with Crippen molar-refractivity contribution in [3.05, 3.63) is 12.2 Å². The highest BCUT2D eigenvalue weighted by Gasteiger charge is 2.18. The van der Waals surface area contributed by atoms with Gasteiger partial charge in [0.05, 0.1) is 0 Å². The zero-order valence-electron chi connectivity index (χ0n) is 27.4. The Bertz CT molecular complexity index is 677. The maximum absolute atomic E-state index is 12.8. The number of amides is 1. The van der Waals surface area contributed by atoms with Crippen molar-refractivity contribution in [3.63, 3.8) is 0 Å². The molecule has 8 heteroatoms. The number of esters is 2. The van der Waals surface area contributed by atoms with Crippen LogP contribution in [0.3, 0.4) is 0 Å². The fourth-order valence-electron chi connectivity index (χ4n) is 4.65. The third-order valence-corrected chi connectivity index (χ3v) is 8.24. The summed E-state index contributed by atoms with van der Waals surface area (Å²) in [5.74, 6) is 0.246. The number of hydrogen-bond acceptors (Lipinski definition) is 7. The molecule has 1 amide bonds. The second-order valence-corrected chi connectivity index (χ2v) is 12.3. The van der Waals surface area contributed by atoms with Crippen LogP contribution >= 0.6 is 11.8 Å². The molecule has 42 heavy (non-hydrogen) atoms. The molecular weight excluding hydrogens is 548 g/mol. The van der Waals surface area contributed by atoms with Gasteiger partial charge in [0.2, 0.25) is 0 Å². The minimum absolute atomic E-state index is 0.00215. The lowest BCUT2D eigenvalue weighted by Crippen LogP contribution is -2.31. The average molecular weight is 613 g/mol. The van der Waals surface area contributed by atoms with Crippen LogP contribution in [0.5, 0.6) is 0 Å². The van der Waals surface area contributed by atoms with Gasteiger partial charge in [0, 0.05) is 31.7 Å². The van der Waals surface area contributed by atoms with Gasteiger partial charge in [0.1, 0.15) is 12.7 Å². The van der Waals surface area contributed by atoms with E-state index < -0.39 is 0 Å². The van der Waals surface area contributed by atoms with E-state index in [0.717, 1.165) is 38.5 Å². The minimum Gasteiger partial charge on any atom is -0.462 e. The van der Waals surface area contributed by atoms with E-state index in [9.17, 15) is 14.4 Å². The van der Waals surface area contributed by atoms with Gasteiger partial charge in [-0.1, -0.05) is 102 Å². The van der Waals surface area contributed by atoms with Crippen molar-refractivity contribution in [1.82, 2.24) is 4.90 Å². The van der Waals surface area contributed by atoms with Crippen molar-refractivity contribution >= 4 is 28.9 Å². The second kappa shape index (κ2) is 30.9. The largest absolute Gasteiger partial charge is 0.462 e. The topological polar surface area (TPSA) is 98.9 Å². The number of carbonyl (C=O) groups excluding carboxylic acids is 3. The van der Waals surface area contributed by atoms with Gasteiger partial charge in [0.25, 0.3) is 5.24 Å². The lowest BCUT2D eigenvalue weighted by atomic mass is 10.0. The maximum atomic E-state index is 12.8. The third kappa shape index (κ3) is 26.1. The number of carbonyl (C=O) groups is 3. The van der Waals surface area contributed by atoms with Crippen LogP contribution in [0, 0.1) is 0 Å². The Morgan fingerprint density at radius 2 is 1.29 bits per heavy atom. The number of allylic oxidation sites excluding steroid dienone is 1. The van der Waals surface area contributed by atoms with E-state index >= 15 is 0 Å². The predicted octanol–water partition coefficient (Wildman–Crippen LogP) is 8.97. The van der Waals surface area contributed by atoms with E-state index in [2.05, 4.69) is 26.8 Å². The summed E-state index contributed by atoms with van der Waals surface area (Å²) < 4.78 is 11.2. The van der Waals surface area contributed by atoms with Gasteiger partial charge in [-0.25, -0.2) is 0 Å². The third-order valence-electron chi connectivity index (χ3n) is 7.24. The lowest BCUT2D eigenvalue weighted by Gasteiger charge is -2.22. The van der Waals surface area contributed by atoms with Gasteiger partial charge >= 0.3 is 11.9 Å². The summed E-state index contributed by atoms with van der Waals surface area (Å²) in [7, 11) is 0. The van der Waals surface area contributed by atoms with Crippen molar-refractivity contribution in [2.75, 3.05) is 32.0 Å². The van der Waals surface area contributed by atoms with Crippen LogP contribution in [0.15, 0.2) is 12.2 Å². The SMILES string of the molecule is CCCCCC/C=C\COC(=O)CCCN(CCCC(=O)OC(CCCCCC)CCCCCC)C(=O)SCCCN. The fourth-order valence-corrected chi connectivity index (χ4v) is 5.50. The number of nitrogens with two attached hydrogens (primary N) is 1. The standard InChI is InChI=1S/C34H64N2O5S/c1-4-7-10-13-14-15-18-29-40-32(37)24-19-27-36(34(39)42-30-21-26-35)28-20-25-33(38)41-31(22-16-11-8-5-2)23-17-12-9-6-3/h15,18,31H,4-14,16-17,19-30,35H2,1-3H3/b18-15-. The van der Waals surface area contributed by atoms with Gasteiger partial charge in [0.15, 0.2) is 0 Å². The van der Waals surface area contributed by atoms with Crippen LogP contribution in [0.1, 0.15) is 149 Å². The molecule has 0 atom stereocenters. The highest BCUT2D eigenvalue weighted by atomic mass is 32.2. The van der Waals surface area contributed by atoms with Crippen LogP contribution in [0.4, 0.5) is 4.79 Å². The zero-order chi connectivity index (χ0) is 31.1. The van der Waals surface area contributed by atoms with Gasteiger partial charge in [-0.2, -0.15) is 0 Å². The summed E-state index contributed by atoms with van der Waals surface area (Å²) in [5, 5.41) is -0.0269. The first kappa shape index (κ1) is 40.5. The lowest BCUT2D eigenvalue weighted by molar-refractivity contribution is -0.150. The van der Waals surface area contributed by atoms with E-state index in [1.807, 2.05) is 6.08 Å². The molecule has 0 aromatic carbocycles. The molecular formula is C34H64N2O5S. The highest BCUT2D eigenvalue weighted by Crippen LogP contribution is 2.17. The Kier molecular flexibility index (Phi) is 29.8. The first-order chi connectivity index (χ1) is 20.5. The summed E-state index contributed by atoms with van der Waals surface area (Å²) >= 11 is 1.26. The quantitative estimate of drug-likeness (QED) is 0.0511. The zero-order valence-corrected chi connectivity index (χ0v) is 28.2. The molecule has 0 rings (SSSR count). The Balaban J connectivity index is 4.60. The number of thioether (sulfide) groups is 1. The molecule has 0 fully saturated rings. The van der Waals surface area contributed by atoms with E-state index in [-0.39, 0.29) is 29.7 Å². The summed E-state index contributed by atoms with van der Waals surface area (Å²) in [4.78, 5) is 39.5. The fraction of sp³-hybridized carbons (Fsp3) is 0.853. The van der Waals surface area contributed by atoms with Gasteiger partial charge in [-0.15, -0.1) is 0 Å². The molecule has 0 saturated carbocycles. The molecule has 0 unspecified atom stereocenters. The Labute approximate surface area is 262 Å². The van der Waals surface area contributed by atoms with Crippen molar-refractivity contribution in [2.45, 2.75) is 155 Å². The van der Waals surface area contributed by atoms with E-state index in [1.165, 1.54) is 76.0 Å². The van der Waals surface area contributed by atoms with Gasteiger partial charge in [-0.05, 0) is 64.3 Å². The predicted molar refractivity (Wildman–Crippen MR) is 178 cm³/mol. The van der Waals surface area contributed by atoms with Crippen molar-refractivity contribution in [2.24, 2.45) is 5.73 Å². The molecule has 0 saturated heterocycles. The maximum Gasteiger partial charge on any atom is 0.306 e.